The van der Waals surface area contributed by atoms with Crippen LogP contribution in [0.2, 0.25) is 0 Å². The molecular weight excluding hydrogens is 308 g/mol. The maximum atomic E-state index is 10.7. The van der Waals surface area contributed by atoms with Gasteiger partial charge in [0.2, 0.25) is 0 Å². The molecule has 128 valence electrons. The molecule has 3 rings (SSSR count). The Morgan fingerprint density at radius 1 is 1.33 bits per heavy atom. The topological polar surface area (TPSA) is 80.3 Å². The summed E-state index contributed by atoms with van der Waals surface area (Å²) in [5, 5.41) is 14.7. The Morgan fingerprint density at radius 2 is 2.17 bits per heavy atom. The van der Waals surface area contributed by atoms with Gasteiger partial charge in [-0.05, 0) is 26.0 Å². The summed E-state index contributed by atoms with van der Waals surface area (Å²) in [6.45, 7) is 8.49. The predicted octanol–water partition coefficient (Wildman–Crippen LogP) is 1.71. The van der Waals surface area contributed by atoms with E-state index in [9.17, 15) is 10.1 Å². The van der Waals surface area contributed by atoms with Gasteiger partial charge in [-0.3, -0.25) is 19.7 Å². The van der Waals surface area contributed by atoms with E-state index >= 15 is 0 Å². The zero-order chi connectivity index (χ0) is 17.1. The van der Waals surface area contributed by atoms with Crippen LogP contribution in [0.15, 0.2) is 30.6 Å². The molecule has 24 heavy (non-hydrogen) atoms. The van der Waals surface area contributed by atoms with Crippen molar-refractivity contribution in [2.24, 2.45) is 0 Å². The highest BCUT2D eigenvalue weighted by atomic mass is 16.6. The molecule has 1 aliphatic heterocycles. The van der Waals surface area contributed by atoms with Gasteiger partial charge in [0.25, 0.3) is 0 Å². The van der Waals surface area contributed by atoms with Crippen LogP contribution in [0, 0.1) is 17.0 Å². The highest BCUT2D eigenvalue weighted by Gasteiger charge is 2.24. The number of aryl methyl sites for hydroxylation is 1. The lowest BCUT2D eigenvalue weighted by atomic mass is 10.2. The highest BCUT2D eigenvalue weighted by molar-refractivity contribution is 5.40. The van der Waals surface area contributed by atoms with E-state index in [4.69, 9.17) is 0 Å². The molecule has 1 fully saturated rings. The molecule has 8 nitrogen and oxygen atoms in total. The fourth-order valence-corrected chi connectivity index (χ4v) is 3.04. The zero-order valence-corrected chi connectivity index (χ0v) is 14.0. The number of anilines is 1. The van der Waals surface area contributed by atoms with Gasteiger partial charge in [-0.25, -0.2) is 4.98 Å². The molecular formula is C16H22N6O2. The summed E-state index contributed by atoms with van der Waals surface area (Å²) in [6, 6.07) is 6.50. The van der Waals surface area contributed by atoms with Crippen LogP contribution in [0.4, 0.5) is 11.5 Å². The van der Waals surface area contributed by atoms with Crippen LogP contribution in [0.25, 0.3) is 0 Å². The van der Waals surface area contributed by atoms with E-state index in [2.05, 4.69) is 32.9 Å². The Balaban J connectivity index is 1.54. The Morgan fingerprint density at radius 3 is 2.83 bits per heavy atom. The maximum Gasteiger partial charge on any atom is 0.306 e. The summed E-state index contributed by atoms with van der Waals surface area (Å²) in [4.78, 5) is 19.6. The molecule has 0 radical (unpaired) electrons. The van der Waals surface area contributed by atoms with Crippen LogP contribution in [0.5, 0.6) is 0 Å². The zero-order valence-electron chi connectivity index (χ0n) is 14.0. The predicted molar refractivity (Wildman–Crippen MR) is 91.1 cm³/mol. The summed E-state index contributed by atoms with van der Waals surface area (Å²) in [6.07, 6.45) is 2.78. The van der Waals surface area contributed by atoms with Crippen molar-refractivity contribution in [2.45, 2.75) is 26.4 Å². The Hall–Kier alpha value is -2.48. The maximum absolute atomic E-state index is 10.7. The monoisotopic (exact) mass is 330 g/mol. The third-order valence-electron chi connectivity index (χ3n) is 4.41. The number of pyridine rings is 1. The highest BCUT2D eigenvalue weighted by Crippen LogP contribution is 2.17. The first-order chi connectivity index (χ1) is 11.5. The van der Waals surface area contributed by atoms with Crippen molar-refractivity contribution < 1.29 is 4.92 Å². The van der Waals surface area contributed by atoms with E-state index in [1.54, 1.807) is 4.68 Å². The minimum Gasteiger partial charge on any atom is -0.354 e. The number of nitrogens with zero attached hydrogens (tertiary/aromatic N) is 6. The van der Waals surface area contributed by atoms with Crippen molar-refractivity contribution in [3.8, 4) is 0 Å². The van der Waals surface area contributed by atoms with Gasteiger partial charge >= 0.3 is 5.69 Å². The van der Waals surface area contributed by atoms with E-state index < -0.39 is 4.92 Å². The third-order valence-corrected chi connectivity index (χ3v) is 4.41. The lowest BCUT2D eigenvalue weighted by Crippen LogP contribution is -2.52. The largest absolute Gasteiger partial charge is 0.354 e. The first-order valence-electron chi connectivity index (χ1n) is 8.12. The van der Waals surface area contributed by atoms with Crippen molar-refractivity contribution >= 4 is 11.5 Å². The molecule has 0 aliphatic carbocycles. The minimum absolute atomic E-state index is 0.0402. The van der Waals surface area contributed by atoms with Crippen LogP contribution in [-0.2, 0) is 6.54 Å². The smallest absolute Gasteiger partial charge is 0.306 e. The summed E-state index contributed by atoms with van der Waals surface area (Å²) >= 11 is 0. The molecule has 3 heterocycles. The van der Waals surface area contributed by atoms with E-state index in [1.807, 2.05) is 19.1 Å². The van der Waals surface area contributed by atoms with Crippen LogP contribution in [-0.4, -0.2) is 56.8 Å². The van der Waals surface area contributed by atoms with Crippen molar-refractivity contribution in [3.63, 3.8) is 0 Å². The number of nitro groups is 1. The van der Waals surface area contributed by atoms with Crippen molar-refractivity contribution in [2.75, 3.05) is 31.1 Å². The van der Waals surface area contributed by atoms with Gasteiger partial charge in [0.05, 0.1) is 11.5 Å². The van der Waals surface area contributed by atoms with Gasteiger partial charge in [-0.2, -0.15) is 5.10 Å². The molecule has 8 heteroatoms. The number of aromatic nitrogens is 3. The molecule has 0 aromatic carbocycles. The van der Waals surface area contributed by atoms with Gasteiger partial charge in [-0.15, -0.1) is 0 Å². The first kappa shape index (κ1) is 16.4. The van der Waals surface area contributed by atoms with Crippen molar-refractivity contribution in [1.82, 2.24) is 19.7 Å². The van der Waals surface area contributed by atoms with Gasteiger partial charge < -0.3 is 4.90 Å². The molecule has 2 aromatic rings. The summed E-state index contributed by atoms with van der Waals surface area (Å²) in [5.41, 5.74) is 1.07. The average molecular weight is 330 g/mol. The van der Waals surface area contributed by atoms with Gasteiger partial charge in [0.1, 0.15) is 18.2 Å². The average Bonchev–Trinajstić information content (AvgIpc) is 3.03. The van der Waals surface area contributed by atoms with Gasteiger partial charge in [0, 0.05) is 37.9 Å². The fraction of sp³-hybridized carbons (Fsp3) is 0.500. The lowest BCUT2D eigenvalue weighted by Gasteiger charge is -2.40. The van der Waals surface area contributed by atoms with E-state index in [-0.39, 0.29) is 5.69 Å². The SMILES string of the molecule is Cc1cccc(N2CCN(CCn3cc([N+](=O)[O-])cn3)[C@H](C)C2)n1. The molecule has 2 aromatic heterocycles. The van der Waals surface area contributed by atoms with Crippen LogP contribution in [0.3, 0.4) is 0 Å². The second kappa shape index (κ2) is 6.96. The van der Waals surface area contributed by atoms with Gasteiger partial charge in [-0.1, -0.05) is 6.07 Å². The first-order valence-corrected chi connectivity index (χ1v) is 8.12. The van der Waals surface area contributed by atoms with Crippen molar-refractivity contribution in [3.05, 3.63) is 46.4 Å². The van der Waals surface area contributed by atoms with Gasteiger partial charge in [0.15, 0.2) is 0 Å². The Kier molecular flexibility index (Phi) is 4.75. The fourth-order valence-electron chi connectivity index (χ4n) is 3.04. The van der Waals surface area contributed by atoms with Crippen LogP contribution in [0.1, 0.15) is 12.6 Å². The minimum atomic E-state index is -0.417. The van der Waals surface area contributed by atoms with Crippen LogP contribution >= 0.6 is 0 Å². The van der Waals surface area contributed by atoms with E-state index in [0.29, 0.717) is 12.6 Å². The van der Waals surface area contributed by atoms with Crippen molar-refractivity contribution in [1.29, 1.82) is 0 Å². The Bertz CT molecular complexity index is 716. The number of hydrogen-bond acceptors (Lipinski definition) is 6. The third kappa shape index (κ3) is 3.70. The number of rotatable bonds is 5. The molecule has 1 saturated heterocycles. The van der Waals surface area contributed by atoms with Crippen LogP contribution < -0.4 is 4.90 Å². The standard InChI is InChI=1S/C16H22N6O2/c1-13-4-3-5-16(18-13)20-7-6-19(14(2)11-20)8-9-21-12-15(10-17-21)22(23)24/h3-5,10,12,14H,6-9,11H2,1-2H3/t14-/m1/s1. The molecule has 0 spiro atoms. The second-order valence-electron chi connectivity index (χ2n) is 6.19. The lowest BCUT2D eigenvalue weighted by molar-refractivity contribution is -0.385. The molecule has 0 unspecified atom stereocenters. The number of piperazine rings is 1. The summed E-state index contributed by atoms with van der Waals surface area (Å²) < 4.78 is 1.64. The van der Waals surface area contributed by atoms with E-state index in [0.717, 1.165) is 37.7 Å². The summed E-state index contributed by atoms with van der Waals surface area (Å²) in [7, 11) is 0. The second-order valence-corrected chi connectivity index (χ2v) is 6.19. The molecule has 0 N–H and O–H groups in total. The molecule has 0 saturated carbocycles. The number of hydrogen-bond donors (Lipinski definition) is 0. The molecule has 1 atom stereocenters. The Labute approximate surface area is 140 Å². The van der Waals surface area contributed by atoms with E-state index in [1.165, 1.54) is 12.4 Å². The quantitative estimate of drug-likeness (QED) is 0.613. The normalized spacial score (nSPS) is 18.8. The molecule has 0 amide bonds. The molecule has 0 bridgehead atoms. The summed E-state index contributed by atoms with van der Waals surface area (Å²) in [5.74, 6) is 1.03. The molecule has 1 aliphatic rings.